The minimum Gasteiger partial charge on any atom is -0.309 e. The second-order valence-corrected chi connectivity index (χ2v) is 21.8. The van der Waals surface area contributed by atoms with E-state index in [-0.39, 0.29) is 0 Å². The van der Waals surface area contributed by atoms with Crippen LogP contribution in [-0.4, -0.2) is 48.6 Å². The highest BCUT2D eigenvalue weighted by Crippen LogP contribution is 2.43. The maximum absolute atomic E-state index is 5.08. The summed E-state index contributed by atoms with van der Waals surface area (Å²) in [5.41, 5.74) is 20.2. The zero-order valence-corrected chi connectivity index (χ0v) is 46.7. The number of rotatable bonds is 10. The van der Waals surface area contributed by atoms with Crippen LogP contribution in [0.2, 0.25) is 0 Å². The molecule has 0 spiro atoms. The van der Waals surface area contributed by atoms with Gasteiger partial charge in [-0.2, -0.15) is 0 Å². The van der Waals surface area contributed by atoms with E-state index in [1.807, 2.05) is 134 Å². The second kappa shape index (κ2) is 20.4. The first-order valence-electron chi connectivity index (χ1n) is 29.0. The Morgan fingerprint density at radius 3 is 0.759 bits per heavy atom. The van der Waals surface area contributed by atoms with E-state index in [4.69, 9.17) is 34.9 Å². The standard InChI is InChI=1S/C77H48N10/c1-3-15-49(16-4-1)75-82-76(50-17-5-2-6-18-50)84-77(83-75)51-23-29-56(30-24-51)85-73-37-31-57(86-69-33-25-52(65-19-7-11-39-78-65)43-59(69)60-44-53(26-34-70(60)86)66-20-8-12-40-79-66)47-63(73)64-48-58(32-38-74(64)85)87-71-35-27-54(67-21-9-13-41-80-67)45-61(71)62-46-55(28-36-72(62)87)68-22-10-14-42-81-68/h1-48H. The lowest BCUT2D eigenvalue weighted by Gasteiger charge is -2.12. The molecule has 0 saturated heterocycles. The van der Waals surface area contributed by atoms with Crippen LogP contribution in [0.25, 0.3) is 162 Å². The van der Waals surface area contributed by atoms with Gasteiger partial charge in [0.2, 0.25) is 0 Å². The van der Waals surface area contributed by atoms with Crippen molar-refractivity contribution in [2.75, 3.05) is 0 Å². The van der Waals surface area contributed by atoms with Crippen molar-refractivity contribution in [3.05, 3.63) is 292 Å². The average Bonchev–Trinajstić information content (AvgIpc) is 1.86. The summed E-state index contributed by atoms with van der Waals surface area (Å²) < 4.78 is 7.20. The van der Waals surface area contributed by atoms with Crippen molar-refractivity contribution < 1.29 is 0 Å². The number of hydrogen-bond donors (Lipinski definition) is 0. The summed E-state index contributed by atoms with van der Waals surface area (Å²) in [7, 11) is 0. The first kappa shape index (κ1) is 49.6. The average molecular weight is 1110 g/mol. The quantitative estimate of drug-likeness (QED) is 0.134. The summed E-state index contributed by atoms with van der Waals surface area (Å²) in [5, 5.41) is 6.72. The van der Waals surface area contributed by atoms with Gasteiger partial charge in [-0.25, -0.2) is 15.0 Å². The number of pyridine rings is 4. The van der Waals surface area contributed by atoms with Gasteiger partial charge >= 0.3 is 0 Å². The maximum atomic E-state index is 5.08. The van der Waals surface area contributed by atoms with E-state index in [9.17, 15) is 0 Å². The summed E-state index contributed by atoms with van der Waals surface area (Å²) in [6.45, 7) is 0. The van der Waals surface area contributed by atoms with E-state index in [1.54, 1.807) is 0 Å². The molecule has 17 aromatic rings. The molecule has 0 bridgehead atoms. The molecule has 0 unspecified atom stereocenters. The number of benzene rings is 9. The first-order chi connectivity index (χ1) is 43.1. The lowest BCUT2D eigenvalue weighted by molar-refractivity contribution is 1.07. The predicted octanol–water partition coefficient (Wildman–Crippen LogP) is 18.4. The van der Waals surface area contributed by atoms with Crippen LogP contribution in [0.3, 0.4) is 0 Å². The Morgan fingerprint density at radius 1 is 0.195 bits per heavy atom. The first-order valence-corrected chi connectivity index (χ1v) is 29.0. The van der Waals surface area contributed by atoms with Crippen LogP contribution in [0, 0.1) is 0 Å². The molecule has 0 aliphatic heterocycles. The highest BCUT2D eigenvalue weighted by Gasteiger charge is 2.22. The zero-order valence-electron chi connectivity index (χ0n) is 46.7. The van der Waals surface area contributed by atoms with Crippen LogP contribution < -0.4 is 0 Å². The van der Waals surface area contributed by atoms with Crippen molar-refractivity contribution in [3.8, 4) is 96.3 Å². The predicted molar refractivity (Wildman–Crippen MR) is 352 cm³/mol. The molecule has 10 heteroatoms. The molecule has 406 valence electrons. The van der Waals surface area contributed by atoms with Gasteiger partial charge in [0.15, 0.2) is 17.5 Å². The normalized spacial score (nSPS) is 11.7. The molecular weight excluding hydrogens is 1060 g/mol. The molecule has 17 rings (SSSR count). The van der Waals surface area contributed by atoms with Gasteiger partial charge in [-0.15, -0.1) is 0 Å². The summed E-state index contributed by atoms with van der Waals surface area (Å²) >= 11 is 0. The third-order valence-electron chi connectivity index (χ3n) is 16.7. The lowest BCUT2D eigenvalue weighted by Crippen LogP contribution is -2.00. The fourth-order valence-corrected chi connectivity index (χ4v) is 12.6. The van der Waals surface area contributed by atoms with Gasteiger partial charge in [0, 0.05) is 113 Å². The topological polar surface area (TPSA) is 105 Å². The van der Waals surface area contributed by atoms with Gasteiger partial charge in [0.25, 0.3) is 0 Å². The van der Waals surface area contributed by atoms with Crippen molar-refractivity contribution in [1.29, 1.82) is 0 Å². The molecule has 0 N–H and O–H groups in total. The number of nitrogens with zero attached hydrogens (tertiary/aromatic N) is 10. The van der Waals surface area contributed by atoms with Gasteiger partial charge in [0.1, 0.15) is 0 Å². The second-order valence-electron chi connectivity index (χ2n) is 21.8. The third-order valence-corrected chi connectivity index (χ3v) is 16.7. The van der Waals surface area contributed by atoms with E-state index in [2.05, 4.69) is 171 Å². The largest absolute Gasteiger partial charge is 0.309 e. The lowest BCUT2D eigenvalue weighted by atomic mass is 10.0. The van der Waals surface area contributed by atoms with Crippen molar-refractivity contribution in [1.82, 2.24) is 48.6 Å². The van der Waals surface area contributed by atoms with Crippen molar-refractivity contribution >= 4 is 65.4 Å². The molecule has 9 aromatic carbocycles. The number of fused-ring (bicyclic) bond motifs is 9. The zero-order chi connectivity index (χ0) is 57.4. The van der Waals surface area contributed by atoms with Crippen LogP contribution in [-0.2, 0) is 0 Å². The van der Waals surface area contributed by atoms with Crippen molar-refractivity contribution in [3.63, 3.8) is 0 Å². The Hall–Kier alpha value is -12.0. The van der Waals surface area contributed by atoms with E-state index < -0.39 is 0 Å². The monoisotopic (exact) mass is 1110 g/mol. The number of aromatic nitrogens is 10. The fourth-order valence-electron chi connectivity index (χ4n) is 12.6. The molecule has 0 saturated carbocycles. The summed E-state index contributed by atoms with van der Waals surface area (Å²) in [5.74, 6) is 1.84. The van der Waals surface area contributed by atoms with E-state index in [1.165, 1.54) is 0 Å². The Labute approximate surface area is 499 Å². The minimum absolute atomic E-state index is 0.599. The summed E-state index contributed by atoms with van der Waals surface area (Å²) in [6, 6.07) is 93.8. The summed E-state index contributed by atoms with van der Waals surface area (Å²) in [4.78, 5) is 34.2. The molecule has 0 fully saturated rings. The van der Waals surface area contributed by atoms with Crippen LogP contribution in [0.4, 0.5) is 0 Å². The Bertz CT molecular complexity index is 4960. The van der Waals surface area contributed by atoms with Crippen LogP contribution >= 0.6 is 0 Å². The van der Waals surface area contributed by atoms with Crippen molar-refractivity contribution in [2.24, 2.45) is 0 Å². The molecule has 10 nitrogen and oxygen atoms in total. The van der Waals surface area contributed by atoms with Gasteiger partial charge in [-0.05, 0) is 158 Å². The molecular formula is C77H48N10. The molecule has 0 atom stereocenters. The molecule has 8 aromatic heterocycles. The smallest absolute Gasteiger partial charge is 0.164 e. The number of hydrogen-bond acceptors (Lipinski definition) is 7. The minimum atomic E-state index is 0.599. The molecule has 87 heavy (non-hydrogen) atoms. The van der Waals surface area contributed by atoms with E-state index in [0.29, 0.717) is 17.5 Å². The van der Waals surface area contributed by atoms with Gasteiger partial charge < -0.3 is 13.7 Å². The Balaban J connectivity index is 0.881. The maximum Gasteiger partial charge on any atom is 0.164 e. The Kier molecular flexibility index (Phi) is 11.6. The van der Waals surface area contributed by atoms with Crippen LogP contribution in [0.1, 0.15) is 0 Å². The van der Waals surface area contributed by atoms with Crippen molar-refractivity contribution in [2.45, 2.75) is 0 Å². The van der Waals surface area contributed by atoms with E-state index in [0.717, 1.165) is 144 Å². The molecule has 0 radical (unpaired) electrons. The molecule has 0 aliphatic rings. The highest BCUT2D eigenvalue weighted by molar-refractivity contribution is 6.15. The molecule has 0 aliphatic carbocycles. The molecule has 0 amide bonds. The van der Waals surface area contributed by atoms with Crippen LogP contribution in [0.15, 0.2) is 292 Å². The highest BCUT2D eigenvalue weighted by atomic mass is 15.0. The third kappa shape index (κ3) is 8.53. The van der Waals surface area contributed by atoms with Gasteiger partial charge in [-0.3, -0.25) is 19.9 Å². The Morgan fingerprint density at radius 2 is 0.448 bits per heavy atom. The summed E-state index contributed by atoms with van der Waals surface area (Å²) in [6.07, 6.45) is 7.41. The van der Waals surface area contributed by atoms with E-state index >= 15 is 0 Å². The fraction of sp³-hybridized carbons (Fsp3) is 0. The molecule has 8 heterocycles. The van der Waals surface area contributed by atoms with Gasteiger partial charge in [-0.1, -0.05) is 109 Å². The van der Waals surface area contributed by atoms with Crippen LogP contribution in [0.5, 0.6) is 0 Å². The SMILES string of the molecule is c1ccc(-c2nc(-c3ccccc3)nc(-c3ccc(-n4c5ccc(-n6c7ccc(-c8ccccn8)cc7c7cc(-c8ccccn8)ccc76)cc5c5cc(-n6c7ccc(-c8ccccn8)cc7c7cc(-c8ccccn8)ccc76)ccc54)cc3)n2)cc1. The van der Waals surface area contributed by atoms with Gasteiger partial charge in [0.05, 0.1) is 55.9 Å².